The number of pyridine rings is 1. The van der Waals surface area contributed by atoms with E-state index in [1.807, 2.05) is 6.07 Å². The van der Waals surface area contributed by atoms with Crippen LogP contribution in [-0.4, -0.2) is 42.9 Å². The Bertz CT molecular complexity index is 1500. The van der Waals surface area contributed by atoms with E-state index >= 15 is 0 Å². The first-order valence-corrected chi connectivity index (χ1v) is 10.3. The molecule has 0 aliphatic rings. The number of ketones is 1. The van der Waals surface area contributed by atoms with Gasteiger partial charge in [0, 0.05) is 41.8 Å². The van der Waals surface area contributed by atoms with E-state index in [4.69, 9.17) is 11.6 Å². The molecule has 7 heteroatoms. The van der Waals surface area contributed by atoms with Crippen LogP contribution >= 0.6 is 0 Å². The molecule has 170 valence electrons. The Balaban J connectivity index is 2.31. The topological polar surface area (TPSA) is 78.2 Å². The number of anilines is 2. The van der Waals surface area contributed by atoms with Gasteiger partial charge in [-0.1, -0.05) is 6.05 Å². The van der Waals surface area contributed by atoms with Crippen LogP contribution in [0.5, 0.6) is 5.75 Å². The van der Waals surface area contributed by atoms with E-state index in [1.54, 1.807) is 32.8 Å². The van der Waals surface area contributed by atoms with Crippen molar-refractivity contribution in [2.24, 2.45) is 0 Å². The molecular weight excluding hydrogens is 419 g/mol. The lowest BCUT2D eigenvalue weighted by Crippen LogP contribution is -2.11. The van der Waals surface area contributed by atoms with Crippen LogP contribution in [0.3, 0.4) is 0 Å². The molecule has 6 nitrogen and oxygen atoms in total. The van der Waals surface area contributed by atoms with Crippen molar-refractivity contribution in [3.63, 3.8) is 0 Å². The first-order valence-electron chi connectivity index (χ1n) is 12.8. The summed E-state index contributed by atoms with van der Waals surface area (Å²) in [7, 11) is 3.41. The minimum atomic E-state index is -0.737. The van der Waals surface area contributed by atoms with Crippen molar-refractivity contribution in [1.29, 1.82) is 5.26 Å². The highest BCUT2D eigenvalue weighted by Gasteiger charge is 2.16. The van der Waals surface area contributed by atoms with Crippen molar-refractivity contribution in [3.8, 4) is 11.8 Å². The van der Waals surface area contributed by atoms with E-state index in [9.17, 15) is 14.4 Å². The average molecular weight is 452 g/mol. The first-order chi connectivity index (χ1) is 17.9. The minimum absolute atomic E-state index is 0.00138. The van der Waals surface area contributed by atoms with Crippen molar-refractivity contribution in [3.05, 3.63) is 71.1 Å². The van der Waals surface area contributed by atoms with Gasteiger partial charge >= 0.3 is 0 Å². The number of likely N-dealkylation sites (N-methyl/N-ethyl adjacent to an activating group) is 1. The highest BCUT2D eigenvalue weighted by molar-refractivity contribution is 5.98. The molecule has 2 aromatic carbocycles. The van der Waals surface area contributed by atoms with Gasteiger partial charge in [0.1, 0.15) is 17.6 Å². The van der Waals surface area contributed by atoms with Gasteiger partial charge in [0.2, 0.25) is 0 Å². The Hall–Kier alpha value is -3.76. The number of hydrogen-bond acceptors (Lipinski definition) is 6. The van der Waals surface area contributed by atoms with E-state index in [1.165, 1.54) is 18.2 Å². The predicted molar refractivity (Wildman–Crippen MR) is 128 cm³/mol. The molecule has 0 aliphatic carbocycles. The number of nitrogens with one attached hydrogen (secondary N) is 1. The summed E-state index contributed by atoms with van der Waals surface area (Å²) in [6, 6.07) is 4.79. The summed E-state index contributed by atoms with van der Waals surface area (Å²) in [5.41, 5.74) is 0.430. The summed E-state index contributed by atoms with van der Waals surface area (Å²) < 4.78 is 61.7. The zero-order valence-electron chi connectivity index (χ0n) is 23.9. The number of aryl methyl sites for hydroxylation is 1. The number of carbonyl (C=O) groups excluding carboxylic acids is 1. The monoisotopic (exact) mass is 451 g/mol. The molecule has 0 radical (unpaired) electrons. The second kappa shape index (κ2) is 10.7. The lowest BCUT2D eigenvalue weighted by atomic mass is 10.0. The number of allylic oxidation sites excluding steroid dienone is 1. The smallest absolute Gasteiger partial charge is 0.159 e. The number of hydrogen-bond donors (Lipinski definition) is 1. The van der Waals surface area contributed by atoms with Crippen LogP contribution < -0.4 is 10.1 Å². The summed E-state index contributed by atoms with van der Waals surface area (Å²) in [5.74, 6) is -1.26. The molecule has 1 aromatic heterocycles. The zero-order chi connectivity index (χ0) is 28.3. The summed E-state index contributed by atoms with van der Waals surface area (Å²) in [6.45, 7) is 3.41. The largest absolute Gasteiger partial charge is 0.494 e. The summed E-state index contributed by atoms with van der Waals surface area (Å²) >= 11 is 0. The van der Waals surface area contributed by atoms with E-state index in [2.05, 4.69) is 10.3 Å². The van der Waals surface area contributed by atoms with Gasteiger partial charge in [-0.2, -0.15) is 5.26 Å². The predicted octanol–water partition coefficient (Wildman–Crippen LogP) is 4.93. The molecule has 0 atom stereocenters. The second-order valence-electron chi connectivity index (χ2n) is 7.53. The van der Waals surface area contributed by atoms with Crippen LogP contribution in [0.1, 0.15) is 30.5 Å². The molecule has 0 fully saturated rings. The van der Waals surface area contributed by atoms with Crippen molar-refractivity contribution in [2.75, 3.05) is 32.6 Å². The molecule has 0 spiro atoms. The SMILES string of the molecule is [2H]/C(CN(C)C)=C(/[2H])C(=O)Cc1c(OCC)c([2H])c2nc([2H])c(C#N)c(Nc3ccc(F)c(C)c3)c2c1[2H]. The molecule has 0 unspecified atom stereocenters. The van der Waals surface area contributed by atoms with Gasteiger partial charge in [0.15, 0.2) is 5.78 Å². The highest BCUT2D eigenvalue weighted by Crippen LogP contribution is 2.34. The average Bonchev–Trinajstić information content (AvgIpc) is 2.85. The van der Waals surface area contributed by atoms with Crippen molar-refractivity contribution >= 4 is 28.1 Å². The van der Waals surface area contributed by atoms with E-state index in [0.717, 1.165) is 0 Å². The quantitative estimate of drug-likeness (QED) is 0.465. The molecule has 0 saturated heterocycles. The Morgan fingerprint density at radius 1 is 1.42 bits per heavy atom. The maximum atomic E-state index is 13.8. The summed E-state index contributed by atoms with van der Waals surface area (Å²) in [6.07, 6.45) is -0.927. The normalized spacial score (nSPS) is 13.9. The first kappa shape index (κ1) is 17.8. The van der Waals surface area contributed by atoms with Crippen molar-refractivity contribution in [2.45, 2.75) is 20.3 Å². The van der Waals surface area contributed by atoms with Gasteiger partial charge in [0.05, 0.1) is 30.2 Å². The van der Waals surface area contributed by atoms with Gasteiger partial charge in [-0.3, -0.25) is 9.78 Å². The number of nitriles is 1. The van der Waals surface area contributed by atoms with Crippen LogP contribution in [0.15, 0.2) is 48.6 Å². The molecule has 0 saturated carbocycles. The van der Waals surface area contributed by atoms with Crippen molar-refractivity contribution < 1.29 is 20.8 Å². The fourth-order valence-corrected chi connectivity index (χ4v) is 3.04. The number of benzene rings is 2. The molecule has 1 N–H and O–H groups in total. The fraction of sp³-hybridized carbons (Fsp3) is 0.269. The van der Waals surface area contributed by atoms with E-state index in [0.29, 0.717) is 11.3 Å². The van der Waals surface area contributed by atoms with E-state index in [-0.39, 0.29) is 64.8 Å². The number of fused-ring (bicyclic) bond motifs is 1. The molecule has 0 bridgehead atoms. The Kier molecular flexibility index (Phi) is 5.76. The van der Waals surface area contributed by atoms with Crippen LogP contribution in [-0.2, 0) is 11.2 Å². The summed E-state index contributed by atoms with van der Waals surface area (Å²) in [4.78, 5) is 18.7. The number of ether oxygens (including phenoxy) is 1. The van der Waals surface area contributed by atoms with Gasteiger partial charge in [-0.15, -0.1) is 0 Å². The Morgan fingerprint density at radius 2 is 2.21 bits per heavy atom. The number of aromatic nitrogens is 1. The van der Waals surface area contributed by atoms with Gasteiger partial charge in [-0.05, 0) is 63.8 Å². The Morgan fingerprint density at radius 3 is 2.88 bits per heavy atom. The molecule has 1 heterocycles. The van der Waals surface area contributed by atoms with Crippen LogP contribution in [0.4, 0.5) is 15.8 Å². The number of carbonyl (C=O) groups is 1. The maximum Gasteiger partial charge on any atom is 0.159 e. The van der Waals surface area contributed by atoms with Gasteiger partial charge in [0.25, 0.3) is 0 Å². The molecule has 33 heavy (non-hydrogen) atoms. The maximum absolute atomic E-state index is 13.8. The summed E-state index contributed by atoms with van der Waals surface area (Å²) in [5, 5.41) is 12.8. The van der Waals surface area contributed by atoms with Crippen LogP contribution in [0.25, 0.3) is 10.9 Å². The third-order valence-corrected chi connectivity index (χ3v) is 4.59. The molecule has 3 aromatic rings. The van der Waals surface area contributed by atoms with Crippen LogP contribution in [0.2, 0.25) is 0 Å². The van der Waals surface area contributed by atoms with Crippen LogP contribution in [0, 0.1) is 24.1 Å². The number of halogens is 1. The number of nitrogens with zero attached hydrogens (tertiary/aromatic N) is 3. The highest BCUT2D eigenvalue weighted by atomic mass is 19.1. The van der Waals surface area contributed by atoms with E-state index < -0.39 is 30.2 Å². The van der Waals surface area contributed by atoms with Gasteiger partial charge in [-0.25, -0.2) is 4.39 Å². The second-order valence-corrected chi connectivity index (χ2v) is 7.53. The lowest BCUT2D eigenvalue weighted by Gasteiger charge is -2.15. The molecule has 0 aliphatic heterocycles. The molecule has 0 amide bonds. The standard InChI is InChI=1S/C26H27FN4O2/c1-5-33-25-14-24-22(13-18(25)12-21(32)7-6-10-31(3)4)26(19(15-28)16-29-24)30-20-8-9-23(27)17(2)11-20/h6-9,11,13-14,16H,5,10,12H2,1-4H3,(H,29,30)/b7-6+/i6D,7D,13D,14D,16D. The number of rotatable bonds is 9. The minimum Gasteiger partial charge on any atom is -0.494 e. The molecular formula is C26H27FN4O2. The lowest BCUT2D eigenvalue weighted by molar-refractivity contribution is -0.114. The van der Waals surface area contributed by atoms with Crippen molar-refractivity contribution in [1.82, 2.24) is 9.88 Å². The fourth-order valence-electron chi connectivity index (χ4n) is 3.04. The zero-order valence-corrected chi connectivity index (χ0v) is 18.9. The third kappa shape index (κ3) is 5.93. The Labute approximate surface area is 200 Å². The van der Waals surface area contributed by atoms with Gasteiger partial charge < -0.3 is 15.0 Å². The third-order valence-electron chi connectivity index (χ3n) is 4.59. The molecule has 3 rings (SSSR count).